The van der Waals surface area contributed by atoms with Crippen LogP contribution in [0.3, 0.4) is 0 Å². The van der Waals surface area contributed by atoms with Crippen molar-refractivity contribution in [2.24, 2.45) is 0 Å². The molecule has 1 aliphatic rings. The summed E-state index contributed by atoms with van der Waals surface area (Å²) in [5, 5.41) is 0. The van der Waals surface area contributed by atoms with Gasteiger partial charge in [-0.05, 0) is 73.0 Å². The van der Waals surface area contributed by atoms with Crippen LogP contribution in [0.15, 0.2) is 113 Å². The fourth-order valence-corrected chi connectivity index (χ4v) is 7.01. The summed E-state index contributed by atoms with van der Waals surface area (Å²) in [6.07, 6.45) is 12.5. The zero-order valence-electron chi connectivity index (χ0n) is 23.3. The van der Waals surface area contributed by atoms with Crippen molar-refractivity contribution in [1.82, 2.24) is 15.0 Å². The second kappa shape index (κ2) is 11.7. The van der Waals surface area contributed by atoms with E-state index in [0.29, 0.717) is 0 Å². The molecule has 0 radical (unpaired) electrons. The molecule has 0 fully saturated rings. The zero-order chi connectivity index (χ0) is 27.4. The van der Waals surface area contributed by atoms with E-state index in [1.165, 1.54) is 63.8 Å². The highest BCUT2D eigenvalue weighted by atomic mass is 32.2. The first-order valence-corrected chi connectivity index (χ1v) is 15.3. The second-order valence-electron chi connectivity index (χ2n) is 10.6. The van der Waals surface area contributed by atoms with Gasteiger partial charge in [-0.1, -0.05) is 81.6 Å². The number of aromatic nitrogens is 3. The molecule has 0 bridgehead atoms. The minimum absolute atomic E-state index is 0.119. The van der Waals surface area contributed by atoms with Gasteiger partial charge in [0.2, 0.25) is 0 Å². The highest BCUT2D eigenvalue weighted by Gasteiger charge is 2.35. The van der Waals surface area contributed by atoms with Crippen LogP contribution in [0.4, 0.5) is 17.1 Å². The summed E-state index contributed by atoms with van der Waals surface area (Å²) in [6.45, 7) is 4.57. The van der Waals surface area contributed by atoms with Crippen molar-refractivity contribution in [2.75, 3.05) is 4.90 Å². The highest BCUT2D eigenvalue weighted by molar-refractivity contribution is 7.99. The van der Waals surface area contributed by atoms with Gasteiger partial charge in [-0.2, -0.15) is 0 Å². The predicted molar refractivity (Wildman–Crippen MR) is 167 cm³/mol. The summed E-state index contributed by atoms with van der Waals surface area (Å²) < 4.78 is 0. The molecule has 0 atom stereocenters. The monoisotopic (exact) mass is 544 g/mol. The SMILES string of the molecule is CCCCC(CCCC)(c1cccc(N2c3ccccc3Sc3ccc(-c4ncc[nH]4)cc32)c1)c1ccccn1. The number of nitrogens with one attached hydrogen (secondary N) is 1. The normalized spacial score (nSPS) is 12.7. The van der Waals surface area contributed by atoms with E-state index in [-0.39, 0.29) is 5.41 Å². The van der Waals surface area contributed by atoms with E-state index in [0.717, 1.165) is 24.2 Å². The Bertz CT molecular complexity index is 1550. The molecule has 0 spiro atoms. The fraction of sp³-hybridized carbons (Fsp3) is 0.257. The molecule has 0 unspecified atom stereocenters. The van der Waals surface area contributed by atoms with Gasteiger partial charge in [0, 0.05) is 45.0 Å². The molecule has 3 heterocycles. The van der Waals surface area contributed by atoms with Crippen molar-refractivity contribution in [2.45, 2.75) is 67.6 Å². The number of imidazole rings is 1. The number of H-pyrrole nitrogens is 1. The Hall–Kier alpha value is -3.83. The summed E-state index contributed by atoms with van der Waals surface area (Å²) in [5.41, 5.74) is 7.07. The van der Waals surface area contributed by atoms with E-state index in [1.807, 2.05) is 36.4 Å². The van der Waals surface area contributed by atoms with Crippen LogP contribution in [0, 0.1) is 0 Å². The number of rotatable bonds is 10. The number of nitrogens with zero attached hydrogens (tertiary/aromatic N) is 3. The van der Waals surface area contributed by atoms with Crippen LogP contribution in [-0.4, -0.2) is 15.0 Å². The first-order valence-electron chi connectivity index (χ1n) is 14.5. The van der Waals surface area contributed by atoms with Crippen LogP contribution in [0.5, 0.6) is 0 Å². The van der Waals surface area contributed by atoms with E-state index in [1.54, 1.807) is 0 Å². The number of anilines is 3. The number of fused-ring (bicyclic) bond motifs is 2. The van der Waals surface area contributed by atoms with E-state index in [4.69, 9.17) is 4.98 Å². The lowest BCUT2D eigenvalue weighted by atomic mass is 9.70. The number of hydrogen-bond donors (Lipinski definition) is 1. The second-order valence-corrected chi connectivity index (χ2v) is 11.7. The van der Waals surface area contributed by atoms with Gasteiger partial charge in [0.15, 0.2) is 0 Å². The lowest BCUT2D eigenvalue weighted by molar-refractivity contribution is 0.396. The van der Waals surface area contributed by atoms with Crippen molar-refractivity contribution >= 4 is 28.8 Å². The molecule has 40 heavy (non-hydrogen) atoms. The van der Waals surface area contributed by atoms with Gasteiger partial charge < -0.3 is 9.88 Å². The van der Waals surface area contributed by atoms with Crippen LogP contribution in [0.25, 0.3) is 11.4 Å². The van der Waals surface area contributed by atoms with Gasteiger partial charge in [-0.3, -0.25) is 4.98 Å². The maximum atomic E-state index is 4.96. The van der Waals surface area contributed by atoms with Gasteiger partial charge in [0.1, 0.15) is 5.82 Å². The van der Waals surface area contributed by atoms with Gasteiger partial charge in [-0.25, -0.2) is 4.98 Å². The van der Waals surface area contributed by atoms with Gasteiger partial charge in [0.05, 0.1) is 17.1 Å². The maximum Gasteiger partial charge on any atom is 0.137 e. The van der Waals surface area contributed by atoms with Crippen LogP contribution in [-0.2, 0) is 5.41 Å². The molecular formula is C35H36N4S. The molecule has 4 nitrogen and oxygen atoms in total. The predicted octanol–water partition coefficient (Wildman–Crippen LogP) is 10.1. The molecule has 1 aliphatic heterocycles. The Kier molecular flexibility index (Phi) is 7.74. The van der Waals surface area contributed by atoms with Gasteiger partial charge in [0.25, 0.3) is 0 Å². The molecule has 202 valence electrons. The summed E-state index contributed by atoms with van der Waals surface area (Å²) >= 11 is 1.83. The standard InChI is InChI=1S/C35H36N4S/c1-3-5-19-35(20-6-4-2,33-16-9-10-21-36-33)27-12-11-13-28(25-27)39-29-14-7-8-15-31(29)40-32-18-17-26(24-30(32)39)34-37-22-23-38-34/h7-18,21-25H,3-6,19-20H2,1-2H3,(H,37,38). The number of aromatic amines is 1. The molecule has 6 rings (SSSR count). The smallest absolute Gasteiger partial charge is 0.137 e. The summed E-state index contributed by atoms with van der Waals surface area (Å²) in [5.74, 6) is 0.883. The lowest BCUT2D eigenvalue weighted by Gasteiger charge is -2.37. The quantitative estimate of drug-likeness (QED) is 0.186. The van der Waals surface area contributed by atoms with Crippen LogP contribution in [0.1, 0.15) is 63.6 Å². The fourth-order valence-electron chi connectivity index (χ4n) is 5.97. The largest absolute Gasteiger partial charge is 0.345 e. The lowest BCUT2D eigenvalue weighted by Crippen LogP contribution is -2.29. The van der Waals surface area contributed by atoms with E-state index < -0.39 is 0 Å². The molecule has 1 N–H and O–H groups in total. The molecular weight excluding hydrogens is 508 g/mol. The average molecular weight is 545 g/mol. The first kappa shape index (κ1) is 26.4. The van der Waals surface area contributed by atoms with Gasteiger partial charge in [-0.15, -0.1) is 0 Å². The van der Waals surface area contributed by atoms with Crippen molar-refractivity contribution in [3.8, 4) is 11.4 Å². The van der Waals surface area contributed by atoms with Crippen molar-refractivity contribution in [3.63, 3.8) is 0 Å². The van der Waals surface area contributed by atoms with Crippen LogP contribution < -0.4 is 4.90 Å². The number of unbranched alkanes of at least 4 members (excludes halogenated alkanes) is 2. The molecule has 5 aromatic rings. The molecule has 5 heteroatoms. The van der Waals surface area contributed by atoms with Crippen molar-refractivity contribution in [1.29, 1.82) is 0 Å². The summed E-state index contributed by atoms with van der Waals surface area (Å²) in [4.78, 5) is 17.7. The topological polar surface area (TPSA) is 44.8 Å². The molecule has 0 aliphatic carbocycles. The van der Waals surface area contributed by atoms with E-state index in [2.05, 4.69) is 108 Å². The molecule has 3 aromatic carbocycles. The van der Waals surface area contributed by atoms with Crippen molar-refractivity contribution < 1.29 is 0 Å². The number of pyridine rings is 1. The van der Waals surface area contributed by atoms with Crippen LogP contribution in [0.2, 0.25) is 0 Å². The zero-order valence-corrected chi connectivity index (χ0v) is 24.1. The molecule has 0 saturated heterocycles. The minimum Gasteiger partial charge on any atom is -0.345 e. The third-order valence-electron chi connectivity index (χ3n) is 8.02. The number of para-hydroxylation sites is 1. The number of hydrogen-bond acceptors (Lipinski definition) is 4. The number of benzene rings is 3. The molecule has 0 amide bonds. The first-order chi connectivity index (χ1) is 19.7. The van der Waals surface area contributed by atoms with E-state index in [9.17, 15) is 0 Å². The minimum atomic E-state index is -0.119. The van der Waals surface area contributed by atoms with Gasteiger partial charge >= 0.3 is 0 Å². The van der Waals surface area contributed by atoms with Crippen LogP contribution >= 0.6 is 11.8 Å². The third-order valence-corrected chi connectivity index (χ3v) is 9.15. The Labute approximate surface area is 241 Å². The Morgan fingerprint density at radius 2 is 1.55 bits per heavy atom. The Morgan fingerprint density at radius 3 is 2.30 bits per heavy atom. The van der Waals surface area contributed by atoms with Crippen molar-refractivity contribution in [3.05, 3.63) is 115 Å². The summed E-state index contributed by atoms with van der Waals surface area (Å²) in [7, 11) is 0. The summed E-state index contributed by atoms with van der Waals surface area (Å²) in [6, 6.07) is 31.0. The Morgan fingerprint density at radius 1 is 0.750 bits per heavy atom. The highest BCUT2D eigenvalue weighted by Crippen LogP contribution is 2.53. The molecule has 0 saturated carbocycles. The third kappa shape index (κ3) is 4.95. The van der Waals surface area contributed by atoms with E-state index >= 15 is 0 Å². The Balaban J connectivity index is 1.52. The molecule has 2 aromatic heterocycles. The average Bonchev–Trinajstić information content (AvgIpc) is 3.56. The maximum absolute atomic E-state index is 4.96.